The molecule has 1 fully saturated rings. The van der Waals surface area contributed by atoms with Gasteiger partial charge in [0.05, 0.1) is 11.7 Å². The molecule has 1 aromatic carbocycles. The Morgan fingerprint density at radius 1 is 1.21 bits per heavy atom. The van der Waals surface area contributed by atoms with Gasteiger partial charge < -0.3 is 4.90 Å². The van der Waals surface area contributed by atoms with Crippen molar-refractivity contribution >= 4 is 5.91 Å². The number of hydrogen-bond donors (Lipinski definition) is 0. The van der Waals surface area contributed by atoms with Crippen LogP contribution in [0, 0.1) is 11.7 Å². The first-order valence-electron chi connectivity index (χ1n) is 10.2. The minimum atomic E-state index is -0.245. The summed E-state index contributed by atoms with van der Waals surface area (Å²) < 4.78 is 13.2. The molecule has 5 heteroatoms. The maximum Gasteiger partial charge on any atom is 0.223 e. The normalized spacial score (nSPS) is 16.7. The fraction of sp³-hybridized carbons (Fsp3) is 0.478. The minimum absolute atomic E-state index is 0.00246. The van der Waals surface area contributed by atoms with Crippen LogP contribution in [0.5, 0.6) is 0 Å². The summed E-state index contributed by atoms with van der Waals surface area (Å²) >= 11 is 0. The molecule has 2 heterocycles. The maximum atomic E-state index is 13.2. The molecule has 0 N–H and O–H groups in total. The fourth-order valence-corrected chi connectivity index (χ4v) is 4.05. The molecule has 0 unspecified atom stereocenters. The van der Waals surface area contributed by atoms with Gasteiger partial charge in [0, 0.05) is 26.2 Å². The van der Waals surface area contributed by atoms with E-state index in [9.17, 15) is 9.18 Å². The number of benzene rings is 1. The summed E-state index contributed by atoms with van der Waals surface area (Å²) in [5.41, 5.74) is 2.09. The van der Waals surface area contributed by atoms with E-state index in [1.807, 2.05) is 30.3 Å². The molecule has 0 aliphatic carbocycles. The standard InChI is InChI=1S/C23H30FN3O/c1-3-22(19-7-9-20(24)10-8-19)26(2)23(28)16-18-11-14-27(15-12-18)17-21-6-4-5-13-25-21/h4-10,13,18,22H,3,11-12,14-17H2,1-2H3/t22-/m1/s1. The highest BCUT2D eigenvalue weighted by Gasteiger charge is 2.26. The lowest BCUT2D eigenvalue weighted by atomic mass is 9.92. The molecule has 0 radical (unpaired) electrons. The van der Waals surface area contributed by atoms with Crippen LogP contribution in [0.3, 0.4) is 0 Å². The van der Waals surface area contributed by atoms with Crippen molar-refractivity contribution in [3.05, 3.63) is 65.7 Å². The highest BCUT2D eigenvalue weighted by Crippen LogP contribution is 2.27. The molecule has 0 saturated carbocycles. The molecule has 3 rings (SSSR count). The number of amides is 1. The van der Waals surface area contributed by atoms with E-state index in [4.69, 9.17) is 0 Å². The Hall–Kier alpha value is -2.27. The molecule has 0 bridgehead atoms. The minimum Gasteiger partial charge on any atom is -0.339 e. The van der Waals surface area contributed by atoms with E-state index >= 15 is 0 Å². The third-order valence-electron chi connectivity index (χ3n) is 5.78. The molecule has 1 aromatic heterocycles. The van der Waals surface area contributed by atoms with Gasteiger partial charge in [0.2, 0.25) is 5.91 Å². The van der Waals surface area contributed by atoms with Gasteiger partial charge >= 0.3 is 0 Å². The molecule has 1 atom stereocenters. The quantitative estimate of drug-likeness (QED) is 0.710. The van der Waals surface area contributed by atoms with Crippen LogP contribution in [-0.4, -0.2) is 40.8 Å². The van der Waals surface area contributed by atoms with Crippen LogP contribution >= 0.6 is 0 Å². The lowest BCUT2D eigenvalue weighted by Gasteiger charge is -2.33. The van der Waals surface area contributed by atoms with Crippen LogP contribution in [-0.2, 0) is 11.3 Å². The summed E-state index contributed by atoms with van der Waals surface area (Å²) in [5.74, 6) is 0.366. The van der Waals surface area contributed by atoms with Gasteiger partial charge in [0.1, 0.15) is 5.82 Å². The van der Waals surface area contributed by atoms with Crippen LogP contribution in [0.15, 0.2) is 48.7 Å². The zero-order valence-corrected chi connectivity index (χ0v) is 16.9. The number of nitrogens with zero attached hydrogens (tertiary/aromatic N) is 3. The Morgan fingerprint density at radius 2 is 1.93 bits per heavy atom. The van der Waals surface area contributed by atoms with Crippen molar-refractivity contribution in [3.8, 4) is 0 Å². The van der Waals surface area contributed by atoms with Crippen molar-refractivity contribution in [2.24, 2.45) is 5.92 Å². The van der Waals surface area contributed by atoms with E-state index in [1.165, 1.54) is 12.1 Å². The second kappa shape index (κ2) is 9.78. The molecule has 150 valence electrons. The molecule has 1 aliphatic rings. The van der Waals surface area contributed by atoms with Crippen LogP contribution in [0.4, 0.5) is 4.39 Å². The van der Waals surface area contributed by atoms with E-state index < -0.39 is 0 Å². The van der Waals surface area contributed by atoms with E-state index in [0.717, 1.165) is 50.2 Å². The zero-order chi connectivity index (χ0) is 19.9. The van der Waals surface area contributed by atoms with E-state index in [-0.39, 0.29) is 17.8 Å². The van der Waals surface area contributed by atoms with Crippen molar-refractivity contribution in [1.82, 2.24) is 14.8 Å². The molecule has 28 heavy (non-hydrogen) atoms. The van der Waals surface area contributed by atoms with Crippen LogP contribution in [0.25, 0.3) is 0 Å². The van der Waals surface area contributed by atoms with Gasteiger partial charge in [-0.1, -0.05) is 25.1 Å². The summed E-state index contributed by atoms with van der Waals surface area (Å²) in [5, 5.41) is 0. The number of piperidine rings is 1. The van der Waals surface area contributed by atoms with Crippen molar-refractivity contribution in [1.29, 1.82) is 0 Å². The van der Waals surface area contributed by atoms with Gasteiger partial charge in [0.15, 0.2) is 0 Å². The monoisotopic (exact) mass is 383 g/mol. The van der Waals surface area contributed by atoms with Gasteiger partial charge in [-0.2, -0.15) is 0 Å². The van der Waals surface area contributed by atoms with Crippen LogP contribution < -0.4 is 0 Å². The molecule has 4 nitrogen and oxygen atoms in total. The molecule has 1 aliphatic heterocycles. The summed E-state index contributed by atoms with van der Waals surface area (Å²) in [6.07, 6.45) is 5.32. The summed E-state index contributed by atoms with van der Waals surface area (Å²) in [6.45, 7) is 4.96. The van der Waals surface area contributed by atoms with Crippen molar-refractivity contribution < 1.29 is 9.18 Å². The Kier molecular flexibility index (Phi) is 7.15. The van der Waals surface area contributed by atoms with Crippen LogP contribution in [0.1, 0.15) is 49.9 Å². The Morgan fingerprint density at radius 3 is 2.54 bits per heavy atom. The first kappa shape index (κ1) is 20.5. The van der Waals surface area contributed by atoms with Gasteiger partial charge in [-0.3, -0.25) is 14.7 Å². The van der Waals surface area contributed by atoms with Gasteiger partial charge in [0.25, 0.3) is 0 Å². The summed E-state index contributed by atoms with van der Waals surface area (Å²) in [7, 11) is 1.87. The number of carbonyl (C=O) groups is 1. The van der Waals surface area contributed by atoms with Crippen LogP contribution in [0.2, 0.25) is 0 Å². The topological polar surface area (TPSA) is 36.4 Å². The number of hydrogen-bond acceptors (Lipinski definition) is 3. The Bertz CT molecular complexity index is 742. The average molecular weight is 384 g/mol. The predicted molar refractivity (Wildman–Crippen MR) is 109 cm³/mol. The number of halogens is 1. The highest BCUT2D eigenvalue weighted by molar-refractivity contribution is 5.76. The van der Waals surface area contributed by atoms with Gasteiger partial charge in [-0.25, -0.2) is 4.39 Å². The maximum absolute atomic E-state index is 13.2. The van der Waals surface area contributed by atoms with Gasteiger partial charge in [-0.15, -0.1) is 0 Å². The SMILES string of the molecule is CC[C@H](c1ccc(F)cc1)N(C)C(=O)CC1CCN(Cc2ccccn2)CC1. The summed E-state index contributed by atoms with van der Waals surface area (Å²) in [4.78, 5) is 21.5. The lowest BCUT2D eigenvalue weighted by Crippen LogP contribution is -2.37. The number of likely N-dealkylation sites (tertiary alicyclic amines) is 1. The van der Waals surface area contributed by atoms with E-state index in [0.29, 0.717) is 12.3 Å². The Labute approximate surface area is 167 Å². The molecule has 1 saturated heterocycles. The largest absolute Gasteiger partial charge is 0.339 e. The zero-order valence-electron chi connectivity index (χ0n) is 16.9. The smallest absolute Gasteiger partial charge is 0.223 e. The first-order valence-corrected chi connectivity index (χ1v) is 10.2. The Balaban J connectivity index is 1.49. The average Bonchev–Trinajstić information content (AvgIpc) is 2.72. The molecule has 0 spiro atoms. The molecule has 1 amide bonds. The second-order valence-electron chi connectivity index (χ2n) is 7.72. The first-order chi connectivity index (χ1) is 13.6. The third-order valence-corrected chi connectivity index (χ3v) is 5.78. The highest BCUT2D eigenvalue weighted by atomic mass is 19.1. The third kappa shape index (κ3) is 5.38. The van der Waals surface area contributed by atoms with E-state index in [1.54, 1.807) is 12.1 Å². The number of pyridine rings is 1. The van der Waals surface area contributed by atoms with Gasteiger partial charge in [-0.05, 0) is 68.1 Å². The second-order valence-corrected chi connectivity index (χ2v) is 7.72. The predicted octanol–water partition coefficient (Wildman–Crippen LogP) is 4.43. The number of rotatable bonds is 7. The molecular weight excluding hydrogens is 353 g/mol. The molecular formula is C23H30FN3O. The number of aromatic nitrogens is 1. The van der Waals surface area contributed by atoms with Crippen molar-refractivity contribution in [2.75, 3.05) is 20.1 Å². The molecule has 2 aromatic rings. The fourth-order valence-electron chi connectivity index (χ4n) is 4.05. The van der Waals surface area contributed by atoms with Crippen molar-refractivity contribution in [3.63, 3.8) is 0 Å². The van der Waals surface area contributed by atoms with E-state index in [2.05, 4.69) is 22.9 Å². The van der Waals surface area contributed by atoms with Crippen molar-refractivity contribution in [2.45, 2.75) is 45.2 Å². The number of carbonyl (C=O) groups excluding carboxylic acids is 1. The summed E-state index contributed by atoms with van der Waals surface area (Å²) in [6, 6.07) is 12.5. The lowest BCUT2D eigenvalue weighted by molar-refractivity contribution is -0.133.